The van der Waals surface area contributed by atoms with Gasteiger partial charge >= 0.3 is 0 Å². The van der Waals surface area contributed by atoms with Crippen LogP contribution in [0.1, 0.15) is 19.8 Å². The number of ether oxygens (including phenoxy) is 1. The van der Waals surface area contributed by atoms with E-state index < -0.39 is 0 Å². The molecule has 1 aliphatic carbocycles. The summed E-state index contributed by atoms with van der Waals surface area (Å²) in [4.78, 5) is 13.8. The maximum absolute atomic E-state index is 11.9. The van der Waals surface area contributed by atoms with E-state index in [4.69, 9.17) is 4.74 Å². The molecule has 1 atom stereocenters. The molecule has 0 radical (unpaired) electrons. The van der Waals surface area contributed by atoms with E-state index >= 15 is 0 Å². The molecular weight excluding hydrogens is 180 g/mol. The molecule has 1 heterocycles. The van der Waals surface area contributed by atoms with Gasteiger partial charge in [-0.2, -0.15) is 0 Å². The molecule has 14 heavy (non-hydrogen) atoms. The van der Waals surface area contributed by atoms with Crippen molar-refractivity contribution in [1.29, 1.82) is 0 Å². The van der Waals surface area contributed by atoms with Crippen LogP contribution in [0.25, 0.3) is 0 Å². The van der Waals surface area contributed by atoms with Gasteiger partial charge in [0.1, 0.15) is 0 Å². The summed E-state index contributed by atoms with van der Waals surface area (Å²) < 4.78 is 5.21. The van der Waals surface area contributed by atoms with Crippen LogP contribution in [0.5, 0.6) is 0 Å². The molecule has 0 aromatic rings. The third kappa shape index (κ3) is 2.45. The minimum atomic E-state index is -0.0272. The maximum Gasteiger partial charge on any atom is 0.239 e. The van der Waals surface area contributed by atoms with Gasteiger partial charge in [-0.25, -0.2) is 0 Å². The first-order chi connectivity index (χ1) is 6.77. The van der Waals surface area contributed by atoms with Gasteiger partial charge in [-0.05, 0) is 19.8 Å². The SMILES string of the molecule is C[C@@H](NC1CC1)C(=O)N1CCOCC1. The Balaban J connectivity index is 1.79. The molecule has 1 N–H and O–H groups in total. The second kappa shape index (κ2) is 4.28. The Labute approximate surface area is 84.6 Å². The molecule has 4 nitrogen and oxygen atoms in total. The molecular formula is C10H18N2O2. The number of amides is 1. The number of hydrogen-bond donors (Lipinski definition) is 1. The van der Waals surface area contributed by atoms with Gasteiger partial charge < -0.3 is 15.0 Å². The summed E-state index contributed by atoms with van der Waals surface area (Å²) in [7, 11) is 0. The van der Waals surface area contributed by atoms with Crippen molar-refractivity contribution in [2.75, 3.05) is 26.3 Å². The highest BCUT2D eigenvalue weighted by atomic mass is 16.5. The smallest absolute Gasteiger partial charge is 0.239 e. The van der Waals surface area contributed by atoms with Crippen LogP contribution >= 0.6 is 0 Å². The Morgan fingerprint density at radius 3 is 2.64 bits per heavy atom. The molecule has 1 amide bonds. The van der Waals surface area contributed by atoms with Crippen molar-refractivity contribution in [3.63, 3.8) is 0 Å². The lowest BCUT2D eigenvalue weighted by Crippen LogP contribution is -2.49. The lowest BCUT2D eigenvalue weighted by atomic mass is 10.2. The van der Waals surface area contributed by atoms with Crippen LogP contribution in [0.4, 0.5) is 0 Å². The van der Waals surface area contributed by atoms with E-state index in [1.54, 1.807) is 0 Å². The maximum atomic E-state index is 11.9. The van der Waals surface area contributed by atoms with Crippen LogP contribution in [0.15, 0.2) is 0 Å². The number of carbonyl (C=O) groups is 1. The third-order valence-corrected chi connectivity index (χ3v) is 2.76. The Morgan fingerprint density at radius 2 is 2.07 bits per heavy atom. The van der Waals surface area contributed by atoms with Crippen LogP contribution in [0, 0.1) is 0 Å². The molecule has 0 spiro atoms. The number of nitrogens with zero attached hydrogens (tertiary/aromatic N) is 1. The molecule has 0 unspecified atom stereocenters. The van der Waals surface area contributed by atoms with E-state index in [0.29, 0.717) is 19.3 Å². The zero-order valence-electron chi connectivity index (χ0n) is 8.66. The van der Waals surface area contributed by atoms with Crippen molar-refractivity contribution in [2.24, 2.45) is 0 Å². The zero-order valence-corrected chi connectivity index (χ0v) is 8.66. The largest absolute Gasteiger partial charge is 0.378 e. The number of nitrogens with one attached hydrogen (secondary N) is 1. The van der Waals surface area contributed by atoms with Crippen LogP contribution in [-0.4, -0.2) is 49.2 Å². The van der Waals surface area contributed by atoms with Gasteiger partial charge in [-0.15, -0.1) is 0 Å². The van der Waals surface area contributed by atoms with E-state index in [1.165, 1.54) is 12.8 Å². The lowest BCUT2D eigenvalue weighted by Gasteiger charge is -2.29. The van der Waals surface area contributed by atoms with Gasteiger partial charge in [0.25, 0.3) is 0 Å². The summed E-state index contributed by atoms with van der Waals surface area (Å²) in [5.74, 6) is 0.222. The number of morpholine rings is 1. The summed E-state index contributed by atoms with van der Waals surface area (Å²) >= 11 is 0. The number of hydrogen-bond acceptors (Lipinski definition) is 3. The normalized spacial score (nSPS) is 24.8. The summed E-state index contributed by atoms with van der Waals surface area (Å²) in [5.41, 5.74) is 0. The van der Waals surface area contributed by atoms with Crippen molar-refractivity contribution in [3.05, 3.63) is 0 Å². The number of rotatable bonds is 3. The highest BCUT2D eigenvalue weighted by molar-refractivity contribution is 5.81. The van der Waals surface area contributed by atoms with Gasteiger partial charge in [0, 0.05) is 19.1 Å². The van der Waals surface area contributed by atoms with E-state index in [-0.39, 0.29) is 11.9 Å². The predicted molar refractivity (Wildman–Crippen MR) is 53.0 cm³/mol. The lowest BCUT2D eigenvalue weighted by molar-refractivity contribution is -0.137. The van der Waals surface area contributed by atoms with Crippen LogP contribution in [-0.2, 0) is 9.53 Å². The first-order valence-corrected chi connectivity index (χ1v) is 5.40. The minimum Gasteiger partial charge on any atom is -0.378 e. The summed E-state index contributed by atoms with van der Waals surface area (Å²) in [6, 6.07) is 0.565. The van der Waals surface area contributed by atoms with Crippen LogP contribution < -0.4 is 5.32 Å². The van der Waals surface area contributed by atoms with Gasteiger partial charge in [-0.1, -0.05) is 0 Å². The van der Waals surface area contributed by atoms with Gasteiger partial charge in [0.05, 0.1) is 19.3 Å². The molecule has 2 aliphatic rings. The second-order valence-corrected chi connectivity index (χ2v) is 4.10. The van der Waals surface area contributed by atoms with E-state index in [2.05, 4.69) is 5.32 Å². The quantitative estimate of drug-likeness (QED) is 0.693. The molecule has 0 bridgehead atoms. The first kappa shape index (κ1) is 9.93. The Morgan fingerprint density at radius 1 is 1.43 bits per heavy atom. The molecule has 80 valence electrons. The average molecular weight is 198 g/mol. The van der Waals surface area contributed by atoms with Gasteiger partial charge in [0.15, 0.2) is 0 Å². The second-order valence-electron chi connectivity index (χ2n) is 4.10. The fourth-order valence-corrected chi connectivity index (χ4v) is 1.73. The Hall–Kier alpha value is -0.610. The van der Waals surface area contributed by atoms with E-state index in [9.17, 15) is 4.79 Å². The monoisotopic (exact) mass is 198 g/mol. The van der Waals surface area contributed by atoms with Crippen molar-refractivity contribution in [3.8, 4) is 0 Å². The summed E-state index contributed by atoms with van der Waals surface area (Å²) in [5, 5.41) is 3.32. The fraction of sp³-hybridized carbons (Fsp3) is 0.900. The fourth-order valence-electron chi connectivity index (χ4n) is 1.73. The first-order valence-electron chi connectivity index (χ1n) is 5.40. The van der Waals surface area contributed by atoms with Crippen molar-refractivity contribution < 1.29 is 9.53 Å². The van der Waals surface area contributed by atoms with Crippen molar-refractivity contribution in [1.82, 2.24) is 10.2 Å². The van der Waals surface area contributed by atoms with Gasteiger partial charge in [0.2, 0.25) is 5.91 Å². The summed E-state index contributed by atoms with van der Waals surface area (Å²) in [6.07, 6.45) is 2.45. The van der Waals surface area contributed by atoms with Crippen LogP contribution in [0.3, 0.4) is 0 Å². The summed E-state index contributed by atoms with van der Waals surface area (Å²) in [6.45, 7) is 4.81. The molecule has 0 aromatic carbocycles. The highest BCUT2D eigenvalue weighted by Gasteiger charge is 2.28. The topological polar surface area (TPSA) is 41.6 Å². The number of carbonyl (C=O) groups excluding carboxylic acids is 1. The minimum absolute atomic E-state index is 0.0272. The molecule has 0 aromatic heterocycles. The standard InChI is InChI=1S/C10H18N2O2/c1-8(11-9-2-3-9)10(13)12-4-6-14-7-5-12/h8-9,11H,2-7H2,1H3/t8-/m1/s1. The Bertz CT molecular complexity index is 210. The van der Waals surface area contributed by atoms with Gasteiger partial charge in [-0.3, -0.25) is 4.79 Å². The third-order valence-electron chi connectivity index (χ3n) is 2.76. The highest BCUT2D eigenvalue weighted by Crippen LogP contribution is 2.19. The van der Waals surface area contributed by atoms with Crippen molar-refractivity contribution in [2.45, 2.75) is 31.8 Å². The van der Waals surface area contributed by atoms with E-state index in [0.717, 1.165) is 13.1 Å². The molecule has 4 heteroatoms. The molecule has 1 aliphatic heterocycles. The zero-order chi connectivity index (χ0) is 9.97. The molecule has 2 fully saturated rings. The van der Waals surface area contributed by atoms with Crippen molar-refractivity contribution >= 4 is 5.91 Å². The van der Waals surface area contributed by atoms with E-state index in [1.807, 2.05) is 11.8 Å². The average Bonchev–Trinajstić information content (AvgIpc) is 3.02. The predicted octanol–water partition coefficient (Wildman–Crippen LogP) is -0.0143. The molecule has 1 saturated carbocycles. The van der Waals surface area contributed by atoms with Crippen LogP contribution in [0.2, 0.25) is 0 Å². The Kier molecular flexibility index (Phi) is 3.03. The molecule has 2 rings (SSSR count). The molecule has 1 saturated heterocycles.